The van der Waals surface area contributed by atoms with Gasteiger partial charge in [0.1, 0.15) is 18.3 Å². The first-order chi connectivity index (χ1) is 16.1. The van der Waals surface area contributed by atoms with Gasteiger partial charge >= 0.3 is 0 Å². The maximum absolute atomic E-state index is 13.6. The quantitative estimate of drug-likeness (QED) is 0.494. The molecule has 2 aromatic carbocycles. The third-order valence-electron chi connectivity index (χ3n) is 5.56. The van der Waals surface area contributed by atoms with E-state index in [2.05, 4.69) is 5.32 Å². The topological polar surface area (TPSA) is 96.0 Å². The number of aryl methyl sites for hydroxylation is 1. The Hall–Kier alpha value is -3.07. The van der Waals surface area contributed by atoms with Crippen LogP contribution in [0.4, 0.5) is 5.69 Å². The van der Waals surface area contributed by atoms with E-state index in [1.807, 2.05) is 45.0 Å². The van der Waals surface area contributed by atoms with Crippen LogP contribution >= 0.6 is 0 Å². The standard InChI is InChI=1S/C25H35N3O5S/c1-6-15-26-25(30)23(7-2)27(17-20-12-9-8-11-19(20)3)24(29)18-28(34(5,31)32)21-13-10-14-22(16-21)33-4/h8-14,16,23H,6-7,15,17-18H2,1-5H3,(H,26,30)/t23-/m0/s1. The van der Waals surface area contributed by atoms with Crippen molar-refractivity contribution in [2.75, 3.05) is 30.8 Å². The fraction of sp³-hybridized carbons (Fsp3) is 0.440. The van der Waals surface area contributed by atoms with Gasteiger partial charge in [-0.25, -0.2) is 8.42 Å². The molecule has 34 heavy (non-hydrogen) atoms. The fourth-order valence-electron chi connectivity index (χ4n) is 3.64. The molecule has 1 atom stereocenters. The van der Waals surface area contributed by atoms with E-state index in [0.29, 0.717) is 24.4 Å². The Morgan fingerprint density at radius 3 is 2.38 bits per heavy atom. The molecule has 0 aliphatic heterocycles. The molecule has 0 unspecified atom stereocenters. The van der Waals surface area contributed by atoms with Gasteiger partial charge in [0.2, 0.25) is 21.8 Å². The van der Waals surface area contributed by atoms with Gasteiger partial charge < -0.3 is 15.0 Å². The van der Waals surface area contributed by atoms with Crippen molar-refractivity contribution >= 4 is 27.5 Å². The van der Waals surface area contributed by atoms with Crippen molar-refractivity contribution in [3.8, 4) is 5.75 Å². The molecule has 0 aliphatic rings. The zero-order chi connectivity index (χ0) is 25.3. The molecule has 8 nitrogen and oxygen atoms in total. The van der Waals surface area contributed by atoms with E-state index in [0.717, 1.165) is 28.1 Å². The molecule has 2 rings (SSSR count). The lowest BCUT2D eigenvalue weighted by Crippen LogP contribution is -2.52. The van der Waals surface area contributed by atoms with Gasteiger partial charge in [0.05, 0.1) is 19.1 Å². The molecule has 1 N–H and O–H groups in total. The third kappa shape index (κ3) is 7.21. The van der Waals surface area contributed by atoms with Crippen LogP contribution in [0.2, 0.25) is 0 Å². The molecular weight excluding hydrogens is 454 g/mol. The van der Waals surface area contributed by atoms with Crippen molar-refractivity contribution in [1.82, 2.24) is 10.2 Å². The molecule has 2 aromatic rings. The van der Waals surface area contributed by atoms with Crippen LogP contribution < -0.4 is 14.4 Å². The number of amides is 2. The summed E-state index contributed by atoms with van der Waals surface area (Å²) in [6.45, 7) is 5.99. The SMILES string of the molecule is CCCNC(=O)[C@H](CC)N(Cc1ccccc1C)C(=O)CN(c1cccc(OC)c1)S(C)(=O)=O. The van der Waals surface area contributed by atoms with E-state index in [1.54, 1.807) is 24.3 Å². The van der Waals surface area contributed by atoms with Crippen LogP contribution in [0.3, 0.4) is 0 Å². The van der Waals surface area contributed by atoms with Crippen molar-refractivity contribution in [2.24, 2.45) is 0 Å². The van der Waals surface area contributed by atoms with Gasteiger partial charge in [-0.2, -0.15) is 0 Å². The van der Waals surface area contributed by atoms with Crippen LogP contribution in [0.15, 0.2) is 48.5 Å². The number of hydrogen-bond donors (Lipinski definition) is 1. The van der Waals surface area contributed by atoms with Crippen LogP contribution in [0, 0.1) is 6.92 Å². The number of carbonyl (C=O) groups is 2. The molecule has 0 saturated heterocycles. The average Bonchev–Trinajstić information content (AvgIpc) is 2.81. The maximum atomic E-state index is 13.6. The zero-order valence-electron chi connectivity index (χ0n) is 20.6. The average molecular weight is 490 g/mol. The molecule has 186 valence electrons. The first-order valence-corrected chi connectivity index (χ1v) is 13.2. The first kappa shape index (κ1) is 27.2. The summed E-state index contributed by atoms with van der Waals surface area (Å²) >= 11 is 0. The van der Waals surface area contributed by atoms with Crippen LogP contribution in [0.25, 0.3) is 0 Å². The summed E-state index contributed by atoms with van der Waals surface area (Å²) in [7, 11) is -2.30. The number of hydrogen-bond acceptors (Lipinski definition) is 5. The number of sulfonamides is 1. The zero-order valence-corrected chi connectivity index (χ0v) is 21.4. The summed E-state index contributed by atoms with van der Waals surface area (Å²) in [6.07, 6.45) is 2.22. The largest absolute Gasteiger partial charge is 0.497 e. The van der Waals surface area contributed by atoms with Crippen molar-refractivity contribution in [2.45, 2.75) is 46.2 Å². The van der Waals surface area contributed by atoms with Gasteiger partial charge in [0, 0.05) is 19.2 Å². The van der Waals surface area contributed by atoms with Crippen LogP contribution in [-0.4, -0.2) is 57.6 Å². The molecule has 0 aliphatic carbocycles. The molecule has 0 fully saturated rings. The van der Waals surface area contributed by atoms with Crippen LogP contribution in [-0.2, 0) is 26.2 Å². The van der Waals surface area contributed by atoms with Crippen molar-refractivity contribution in [3.63, 3.8) is 0 Å². The number of nitrogens with zero attached hydrogens (tertiary/aromatic N) is 2. The fourth-order valence-corrected chi connectivity index (χ4v) is 4.48. The normalized spacial score (nSPS) is 12.0. The molecule has 0 bridgehead atoms. The maximum Gasteiger partial charge on any atom is 0.244 e. The summed E-state index contributed by atoms with van der Waals surface area (Å²) in [5.74, 6) is -0.241. The Bertz CT molecular complexity index is 1090. The second-order valence-corrected chi connectivity index (χ2v) is 10.0. The monoisotopic (exact) mass is 489 g/mol. The lowest BCUT2D eigenvalue weighted by Gasteiger charge is -2.33. The van der Waals surface area contributed by atoms with Gasteiger partial charge in [-0.15, -0.1) is 0 Å². The van der Waals surface area contributed by atoms with E-state index < -0.39 is 28.5 Å². The van der Waals surface area contributed by atoms with E-state index in [1.165, 1.54) is 12.0 Å². The minimum absolute atomic E-state index is 0.194. The highest BCUT2D eigenvalue weighted by Gasteiger charge is 2.31. The van der Waals surface area contributed by atoms with E-state index >= 15 is 0 Å². The highest BCUT2D eigenvalue weighted by atomic mass is 32.2. The Kier molecular flexibility index (Phi) is 9.92. The molecule has 0 saturated carbocycles. The van der Waals surface area contributed by atoms with E-state index in [9.17, 15) is 18.0 Å². The second-order valence-electron chi connectivity index (χ2n) is 8.13. The Balaban J connectivity index is 2.45. The number of nitrogens with one attached hydrogen (secondary N) is 1. The van der Waals surface area contributed by atoms with Gasteiger partial charge in [-0.05, 0) is 43.0 Å². The van der Waals surface area contributed by atoms with Crippen LogP contribution in [0.1, 0.15) is 37.8 Å². The Labute approximate surface area is 202 Å². The highest BCUT2D eigenvalue weighted by molar-refractivity contribution is 7.92. The molecule has 0 radical (unpaired) electrons. The molecule has 0 spiro atoms. The summed E-state index contributed by atoms with van der Waals surface area (Å²) < 4.78 is 31.6. The third-order valence-corrected chi connectivity index (χ3v) is 6.70. The van der Waals surface area contributed by atoms with E-state index in [4.69, 9.17) is 4.74 Å². The van der Waals surface area contributed by atoms with Crippen molar-refractivity contribution < 1.29 is 22.7 Å². The number of carbonyl (C=O) groups excluding carboxylic acids is 2. The summed E-state index contributed by atoms with van der Waals surface area (Å²) in [4.78, 5) is 28.0. The number of anilines is 1. The lowest BCUT2D eigenvalue weighted by molar-refractivity contribution is -0.140. The smallest absolute Gasteiger partial charge is 0.244 e. The lowest BCUT2D eigenvalue weighted by atomic mass is 10.1. The van der Waals surface area contributed by atoms with Gasteiger partial charge in [-0.1, -0.05) is 44.2 Å². The molecule has 0 heterocycles. The molecular formula is C25H35N3O5S. The minimum atomic E-state index is -3.79. The summed E-state index contributed by atoms with van der Waals surface area (Å²) in [6, 6.07) is 13.4. The Morgan fingerprint density at radius 2 is 1.79 bits per heavy atom. The number of methoxy groups -OCH3 is 1. The van der Waals surface area contributed by atoms with Gasteiger partial charge in [0.25, 0.3) is 0 Å². The number of rotatable bonds is 12. The molecule has 2 amide bonds. The Morgan fingerprint density at radius 1 is 1.09 bits per heavy atom. The first-order valence-electron chi connectivity index (χ1n) is 11.4. The van der Waals surface area contributed by atoms with Crippen molar-refractivity contribution in [1.29, 1.82) is 0 Å². The van der Waals surface area contributed by atoms with Gasteiger partial charge in [-0.3, -0.25) is 13.9 Å². The van der Waals surface area contributed by atoms with Crippen molar-refractivity contribution in [3.05, 3.63) is 59.7 Å². The summed E-state index contributed by atoms with van der Waals surface area (Å²) in [5.41, 5.74) is 2.19. The second kappa shape index (κ2) is 12.4. The number of ether oxygens (including phenoxy) is 1. The van der Waals surface area contributed by atoms with E-state index in [-0.39, 0.29) is 12.5 Å². The molecule has 9 heteroatoms. The minimum Gasteiger partial charge on any atom is -0.497 e. The van der Waals surface area contributed by atoms with Gasteiger partial charge in [0.15, 0.2) is 0 Å². The summed E-state index contributed by atoms with van der Waals surface area (Å²) in [5, 5.41) is 2.87. The predicted molar refractivity (Wildman–Crippen MR) is 134 cm³/mol. The predicted octanol–water partition coefficient (Wildman–Crippen LogP) is 3.10. The number of benzene rings is 2. The molecule has 0 aromatic heterocycles. The van der Waals surface area contributed by atoms with Crippen LogP contribution in [0.5, 0.6) is 5.75 Å². The highest BCUT2D eigenvalue weighted by Crippen LogP contribution is 2.24.